The normalized spacial score (nSPS) is 29.6. The summed E-state index contributed by atoms with van der Waals surface area (Å²) in [4.78, 5) is 40.2. The van der Waals surface area contributed by atoms with Gasteiger partial charge in [-0.3, -0.25) is 9.59 Å². The zero-order valence-electron chi connectivity index (χ0n) is 30.2. The molecule has 2 N–H and O–H groups in total. The summed E-state index contributed by atoms with van der Waals surface area (Å²) in [5, 5.41) is 22.0. The second kappa shape index (κ2) is 19.0. The molecular formula is C38H48BrNO13. The maximum atomic E-state index is 13.6. The van der Waals surface area contributed by atoms with Crippen LogP contribution in [-0.2, 0) is 60.7 Å². The van der Waals surface area contributed by atoms with Gasteiger partial charge in [-0.25, -0.2) is 9.69 Å². The molecule has 5 rings (SSSR count). The summed E-state index contributed by atoms with van der Waals surface area (Å²) >= 11 is 3.27. The van der Waals surface area contributed by atoms with Gasteiger partial charge in [-0.05, 0) is 45.5 Å². The first-order valence-corrected chi connectivity index (χ1v) is 18.4. The van der Waals surface area contributed by atoms with E-state index in [0.717, 1.165) is 22.1 Å². The van der Waals surface area contributed by atoms with E-state index in [0.29, 0.717) is 0 Å². The molecule has 3 heterocycles. The molecule has 0 radical (unpaired) electrons. The molecule has 14 nitrogen and oxygen atoms in total. The Morgan fingerprint density at radius 2 is 1.58 bits per heavy atom. The number of hydrogen-bond acceptors (Lipinski definition) is 13. The van der Waals surface area contributed by atoms with Crippen LogP contribution in [0.2, 0.25) is 0 Å². The van der Waals surface area contributed by atoms with Crippen molar-refractivity contribution >= 4 is 33.7 Å². The maximum absolute atomic E-state index is 13.6. The number of ether oxygens (including phenoxy) is 8. The van der Waals surface area contributed by atoms with Crippen molar-refractivity contribution < 1.29 is 62.5 Å². The number of aliphatic hydroxyl groups is 2. The number of halogens is 1. The van der Waals surface area contributed by atoms with Gasteiger partial charge in [-0.15, -0.1) is 0 Å². The van der Waals surface area contributed by atoms with Crippen LogP contribution in [-0.4, -0.2) is 122 Å². The van der Waals surface area contributed by atoms with E-state index in [4.69, 9.17) is 37.9 Å². The van der Waals surface area contributed by atoms with Crippen molar-refractivity contribution in [3.8, 4) is 0 Å². The fraction of sp³-hybridized carbons (Fsp3) is 0.553. The Hall–Kier alpha value is -3.09. The van der Waals surface area contributed by atoms with Crippen LogP contribution in [0.15, 0.2) is 71.2 Å². The van der Waals surface area contributed by atoms with E-state index in [2.05, 4.69) is 15.9 Å². The summed E-state index contributed by atoms with van der Waals surface area (Å²) in [6, 6.07) is 18.6. The smallest absolute Gasteiger partial charge is 0.417 e. The maximum Gasteiger partial charge on any atom is 0.417 e. The van der Waals surface area contributed by atoms with Gasteiger partial charge >= 0.3 is 6.09 Å². The molecule has 0 bridgehead atoms. The van der Waals surface area contributed by atoms with Crippen LogP contribution in [0.5, 0.6) is 0 Å². The number of cyclic esters (lactones) is 1. The van der Waals surface area contributed by atoms with Crippen molar-refractivity contribution in [2.75, 3.05) is 34.0 Å². The number of methoxy groups -OCH3 is 2. The fourth-order valence-electron chi connectivity index (χ4n) is 6.55. The van der Waals surface area contributed by atoms with Gasteiger partial charge in [0, 0.05) is 27.2 Å². The monoisotopic (exact) mass is 805 g/mol. The van der Waals surface area contributed by atoms with Crippen molar-refractivity contribution in [2.45, 2.75) is 94.6 Å². The Labute approximate surface area is 317 Å². The number of hydrogen-bond donors (Lipinski definition) is 2. The van der Waals surface area contributed by atoms with Gasteiger partial charge in [0.15, 0.2) is 30.1 Å². The van der Waals surface area contributed by atoms with E-state index >= 15 is 0 Å². The summed E-state index contributed by atoms with van der Waals surface area (Å²) in [6.45, 7) is 3.83. The number of amides is 2. The molecule has 2 fully saturated rings. The molecule has 290 valence electrons. The van der Waals surface area contributed by atoms with Crippen molar-refractivity contribution in [3.63, 3.8) is 0 Å². The predicted molar refractivity (Wildman–Crippen MR) is 191 cm³/mol. The minimum Gasteiger partial charge on any atom is -0.447 e. The van der Waals surface area contributed by atoms with Crippen LogP contribution >= 0.6 is 15.9 Å². The molecule has 2 aromatic rings. The summed E-state index contributed by atoms with van der Waals surface area (Å²) in [5.74, 6) is -3.60. The topological polar surface area (TPSA) is 169 Å². The summed E-state index contributed by atoms with van der Waals surface area (Å²) in [6.07, 6.45) is -6.73. The van der Waals surface area contributed by atoms with Crippen LogP contribution in [0, 0.1) is 5.92 Å². The van der Waals surface area contributed by atoms with Gasteiger partial charge in [-0.1, -0.05) is 74.5 Å². The first-order chi connectivity index (χ1) is 25.5. The molecule has 53 heavy (non-hydrogen) atoms. The number of nitrogens with zero attached hydrogens (tertiary/aromatic N) is 1. The lowest BCUT2D eigenvalue weighted by Crippen LogP contribution is -2.61. The second-order valence-corrected chi connectivity index (χ2v) is 14.2. The Kier molecular flexibility index (Phi) is 14.7. The van der Waals surface area contributed by atoms with Crippen molar-refractivity contribution in [1.29, 1.82) is 0 Å². The molecule has 2 aromatic carbocycles. The van der Waals surface area contributed by atoms with E-state index in [1.807, 2.05) is 74.5 Å². The van der Waals surface area contributed by atoms with Gasteiger partial charge in [0.25, 0.3) is 5.91 Å². The van der Waals surface area contributed by atoms with Crippen LogP contribution in [0.4, 0.5) is 4.79 Å². The van der Waals surface area contributed by atoms with E-state index in [-0.39, 0.29) is 56.3 Å². The fourth-order valence-corrected chi connectivity index (χ4v) is 7.07. The average molecular weight is 807 g/mol. The number of ketones is 1. The molecule has 2 saturated heterocycles. The molecule has 3 aliphatic rings. The number of benzene rings is 2. The molecule has 0 aliphatic carbocycles. The number of carbonyl (C=O) groups is 3. The molecule has 0 saturated carbocycles. The molecule has 0 spiro atoms. The molecule has 0 unspecified atom stereocenters. The summed E-state index contributed by atoms with van der Waals surface area (Å²) in [7, 11) is 2.68. The second-order valence-electron chi connectivity index (χ2n) is 13.4. The van der Waals surface area contributed by atoms with Gasteiger partial charge in [0.05, 0.1) is 30.3 Å². The number of imide groups is 1. The lowest BCUT2D eigenvalue weighted by Gasteiger charge is -2.45. The van der Waals surface area contributed by atoms with E-state index < -0.39 is 72.5 Å². The lowest BCUT2D eigenvalue weighted by atomic mass is 9.97. The highest BCUT2D eigenvalue weighted by atomic mass is 79.9. The Bertz CT molecular complexity index is 1550. The van der Waals surface area contributed by atoms with E-state index in [1.165, 1.54) is 14.2 Å². The van der Waals surface area contributed by atoms with Gasteiger partial charge in [0.1, 0.15) is 31.0 Å². The SMILES string of the molecule is CO[C@H]1O[C@H](CO)[C@@H](OCc2ccccc2)[C@H](OCc2ccccc2)[C@@H]1OCCC[C@@]1(O)O[C@H]([C@H](OC)C(=O)N2C(=O)OC[C@@H]2C(C)C)C(=O)C=C1Br. The third-order valence-electron chi connectivity index (χ3n) is 9.47. The summed E-state index contributed by atoms with van der Waals surface area (Å²) in [5.41, 5.74) is 1.84. The highest BCUT2D eigenvalue weighted by Crippen LogP contribution is 2.37. The quantitative estimate of drug-likeness (QED) is 0.223. The standard InChI is InChI=1S/C38H48BrNO13/c1-23(2)26-22-51-37(44)40(26)35(43)33(46-3)30-27(42)18-29(39)38(45,53-30)16-11-17-48-34-32(50-21-25-14-9-6-10-15-25)31(28(19-41)52-36(34)47-4)49-20-24-12-7-5-8-13-24/h5-10,12-15,18,23,26,28,30-34,36,41,45H,11,16-17,19-22H2,1-4H3/t26-,28-,30+,31-,32+,33+,34+,36+,38-/m1/s1. The largest absolute Gasteiger partial charge is 0.447 e. The Morgan fingerprint density at radius 1 is 0.962 bits per heavy atom. The zero-order chi connectivity index (χ0) is 38.1. The minimum atomic E-state index is -2.04. The van der Waals surface area contributed by atoms with E-state index in [1.54, 1.807) is 0 Å². The highest BCUT2D eigenvalue weighted by Gasteiger charge is 2.51. The molecule has 15 heteroatoms. The van der Waals surface area contributed by atoms with Gasteiger partial charge in [0.2, 0.25) is 0 Å². The predicted octanol–water partition coefficient (Wildman–Crippen LogP) is 3.64. The van der Waals surface area contributed by atoms with Crippen molar-refractivity contribution in [1.82, 2.24) is 4.90 Å². The number of aliphatic hydroxyl groups excluding tert-OH is 1. The Morgan fingerprint density at radius 3 is 2.15 bits per heavy atom. The molecule has 0 aromatic heterocycles. The van der Waals surface area contributed by atoms with Crippen LogP contribution in [0.1, 0.15) is 37.8 Å². The molecule has 3 aliphatic heterocycles. The first-order valence-electron chi connectivity index (χ1n) is 17.6. The molecule has 9 atom stereocenters. The molecular weight excluding hydrogens is 758 g/mol. The third-order valence-corrected chi connectivity index (χ3v) is 10.3. The minimum absolute atomic E-state index is 0.0161. The third kappa shape index (κ3) is 9.78. The average Bonchev–Trinajstić information content (AvgIpc) is 3.56. The molecule has 2 amide bonds. The lowest BCUT2D eigenvalue weighted by molar-refractivity contribution is -0.320. The summed E-state index contributed by atoms with van der Waals surface area (Å²) < 4.78 is 47.4. The highest BCUT2D eigenvalue weighted by molar-refractivity contribution is 9.11. The van der Waals surface area contributed by atoms with Gasteiger partial charge < -0.3 is 48.1 Å². The number of carbonyl (C=O) groups excluding carboxylic acids is 3. The van der Waals surface area contributed by atoms with Crippen LogP contribution < -0.4 is 0 Å². The van der Waals surface area contributed by atoms with Crippen molar-refractivity contribution in [3.05, 3.63) is 82.3 Å². The van der Waals surface area contributed by atoms with Crippen molar-refractivity contribution in [2.24, 2.45) is 5.92 Å². The zero-order valence-corrected chi connectivity index (χ0v) is 31.8. The van der Waals surface area contributed by atoms with E-state index in [9.17, 15) is 24.6 Å². The van der Waals surface area contributed by atoms with Crippen LogP contribution in [0.3, 0.4) is 0 Å². The first kappa shape index (κ1) is 41.1. The Balaban J connectivity index is 1.29. The van der Waals surface area contributed by atoms with Gasteiger partial charge in [-0.2, -0.15) is 0 Å². The number of rotatable bonds is 17. The van der Waals surface area contributed by atoms with Crippen LogP contribution in [0.25, 0.3) is 0 Å².